The van der Waals surface area contributed by atoms with Crippen molar-refractivity contribution in [2.45, 2.75) is 12.5 Å². The van der Waals surface area contributed by atoms with Crippen LogP contribution in [0.4, 0.5) is 5.82 Å². The highest BCUT2D eigenvalue weighted by Gasteiger charge is 2.20. The summed E-state index contributed by atoms with van der Waals surface area (Å²) in [5.74, 6) is 0.838. The van der Waals surface area contributed by atoms with E-state index < -0.39 is 0 Å². The number of aromatic nitrogens is 4. The van der Waals surface area contributed by atoms with Crippen LogP contribution in [0, 0.1) is 0 Å². The maximum atomic E-state index is 11.3. The smallest absolute Gasteiger partial charge is 0.348 e. The number of hydrogen-bond donors (Lipinski definition) is 2. The fourth-order valence-corrected chi connectivity index (χ4v) is 2.15. The Bertz CT molecular complexity index is 582. The van der Waals surface area contributed by atoms with Gasteiger partial charge in [0.2, 0.25) is 0 Å². The molecule has 3 heterocycles. The van der Waals surface area contributed by atoms with Crippen molar-refractivity contribution >= 4 is 11.5 Å². The number of nitrogens with zero attached hydrogens (tertiary/aromatic N) is 4. The van der Waals surface area contributed by atoms with Crippen molar-refractivity contribution < 1.29 is 0 Å². The van der Waals surface area contributed by atoms with Crippen LogP contribution in [0.2, 0.25) is 0 Å². The molecule has 1 aliphatic rings. The molecule has 1 unspecified atom stereocenters. The van der Waals surface area contributed by atoms with Crippen molar-refractivity contribution in [3.63, 3.8) is 0 Å². The molecule has 7 nitrogen and oxygen atoms in total. The lowest BCUT2D eigenvalue weighted by Gasteiger charge is -2.24. The summed E-state index contributed by atoms with van der Waals surface area (Å²) in [6, 6.07) is 2.27. The molecule has 1 saturated heterocycles. The predicted octanol–water partition coefficient (Wildman–Crippen LogP) is -0.784. The van der Waals surface area contributed by atoms with E-state index in [-0.39, 0.29) is 5.69 Å². The van der Waals surface area contributed by atoms with E-state index in [9.17, 15) is 4.79 Å². The number of nitrogens with one attached hydrogen (secondary N) is 2. The minimum Gasteiger partial charge on any atom is -0.355 e. The van der Waals surface area contributed by atoms with Gasteiger partial charge in [-0.25, -0.2) is 19.3 Å². The van der Waals surface area contributed by atoms with Crippen molar-refractivity contribution in [2.24, 2.45) is 0 Å². The van der Waals surface area contributed by atoms with Gasteiger partial charge in [0.05, 0.1) is 0 Å². The molecule has 0 aromatic carbocycles. The van der Waals surface area contributed by atoms with Crippen LogP contribution < -0.4 is 15.9 Å². The molecule has 0 aliphatic carbocycles. The molecule has 2 N–H and O–H groups in total. The summed E-state index contributed by atoms with van der Waals surface area (Å²) in [6.07, 6.45) is 2.62. The van der Waals surface area contributed by atoms with Crippen molar-refractivity contribution in [3.8, 4) is 0 Å². The summed E-state index contributed by atoms with van der Waals surface area (Å²) in [5, 5.41) is 9.65. The standard InChI is InChI=1S/C10H14N6O/c1-15(7-2-3-11-5-7)8-4-9-13-14-10(17)16(9)6-12-8/h4,6-7,11H,2-3,5H2,1H3,(H,14,17). The van der Waals surface area contributed by atoms with Gasteiger partial charge in [-0.2, -0.15) is 5.10 Å². The molecule has 0 amide bonds. The molecule has 3 rings (SSSR count). The molecule has 90 valence electrons. The molecule has 1 aliphatic heterocycles. The zero-order valence-electron chi connectivity index (χ0n) is 9.55. The second-order valence-corrected chi connectivity index (χ2v) is 4.26. The number of hydrogen-bond acceptors (Lipinski definition) is 5. The summed E-state index contributed by atoms with van der Waals surface area (Å²) in [6.45, 7) is 2.01. The van der Waals surface area contributed by atoms with Crippen molar-refractivity contribution in [1.29, 1.82) is 0 Å². The molecule has 2 aromatic heterocycles. The molecule has 0 bridgehead atoms. The van der Waals surface area contributed by atoms with E-state index in [1.807, 2.05) is 13.1 Å². The van der Waals surface area contributed by atoms with Gasteiger partial charge >= 0.3 is 5.69 Å². The highest BCUT2D eigenvalue weighted by molar-refractivity contribution is 5.50. The predicted molar refractivity (Wildman–Crippen MR) is 63.3 cm³/mol. The Hall–Kier alpha value is -1.89. The number of H-pyrrole nitrogens is 1. The summed E-state index contributed by atoms with van der Waals surface area (Å²) in [7, 11) is 2.02. The van der Waals surface area contributed by atoms with E-state index in [1.165, 1.54) is 10.7 Å². The molecule has 2 aromatic rings. The quantitative estimate of drug-likeness (QED) is 0.712. The third kappa shape index (κ3) is 1.68. The highest BCUT2D eigenvalue weighted by atomic mass is 16.1. The van der Waals surface area contributed by atoms with Crippen LogP contribution in [0.5, 0.6) is 0 Å². The Balaban J connectivity index is 1.96. The summed E-state index contributed by atoms with van der Waals surface area (Å²) in [4.78, 5) is 17.7. The molecule has 0 saturated carbocycles. The van der Waals surface area contributed by atoms with Crippen LogP contribution >= 0.6 is 0 Å². The first-order chi connectivity index (χ1) is 8.25. The van der Waals surface area contributed by atoms with Crippen LogP contribution in [-0.4, -0.2) is 45.8 Å². The number of aromatic amines is 1. The number of anilines is 1. The van der Waals surface area contributed by atoms with Crippen LogP contribution in [-0.2, 0) is 0 Å². The molecular weight excluding hydrogens is 220 g/mol. The van der Waals surface area contributed by atoms with Gasteiger partial charge in [-0.1, -0.05) is 0 Å². The first-order valence-corrected chi connectivity index (χ1v) is 5.62. The van der Waals surface area contributed by atoms with Gasteiger partial charge in [0.25, 0.3) is 0 Å². The lowest BCUT2D eigenvalue weighted by atomic mass is 10.2. The fourth-order valence-electron chi connectivity index (χ4n) is 2.15. The summed E-state index contributed by atoms with van der Waals surface area (Å²) >= 11 is 0. The van der Waals surface area contributed by atoms with E-state index in [1.54, 1.807) is 0 Å². The Kier molecular flexibility index (Phi) is 2.32. The first kappa shape index (κ1) is 10.3. The average Bonchev–Trinajstić information content (AvgIpc) is 2.98. The Morgan fingerprint density at radius 1 is 1.59 bits per heavy atom. The third-order valence-corrected chi connectivity index (χ3v) is 3.24. The van der Waals surface area contributed by atoms with Gasteiger partial charge < -0.3 is 10.2 Å². The minimum absolute atomic E-state index is 0.260. The molecule has 1 fully saturated rings. The normalized spacial score (nSPS) is 19.9. The zero-order chi connectivity index (χ0) is 11.8. The second-order valence-electron chi connectivity index (χ2n) is 4.26. The Labute approximate surface area is 97.5 Å². The van der Waals surface area contributed by atoms with Crippen LogP contribution in [0.15, 0.2) is 17.2 Å². The maximum absolute atomic E-state index is 11.3. The van der Waals surface area contributed by atoms with Gasteiger partial charge in [0.1, 0.15) is 12.1 Å². The molecule has 17 heavy (non-hydrogen) atoms. The molecule has 0 radical (unpaired) electrons. The van der Waals surface area contributed by atoms with Gasteiger partial charge in [-0.15, -0.1) is 0 Å². The molecule has 7 heteroatoms. The molecule has 0 spiro atoms. The monoisotopic (exact) mass is 234 g/mol. The Morgan fingerprint density at radius 2 is 2.47 bits per heavy atom. The van der Waals surface area contributed by atoms with Gasteiger partial charge in [0, 0.05) is 25.7 Å². The topological polar surface area (TPSA) is 78.3 Å². The van der Waals surface area contributed by atoms with Crippen molar-refractivity contribution in [3.05, 3.63) is 22.9 Å². The first-order valence-electron chi connectivity index (χ1n) is 5.62. The Morgan fingerprint density at radius 3 is 3.24 bits per heavy atom. The van der Waals surface area contributed by atoms with Crippen molar-refractivity contribution in [2.75, 3.05) is 25.0 Å². The summed E-state index contributed by atoms with van der Waals surface area (Å²) < 4.78 is 1.39. The van der Waals surface area contributed by atoms with Crippen molar-refractivity contribution in [1.82, 2.24) is 24.9 Å². The minimum atomic E-state index is -0.260. The lowest BCUT2D eigenvalue weighted by Crippen LogP contribution is -2.34. The number of likely N-dealkylation sites (N-methyl/N-ethyl adjacent to an activating group) is 1. The zero-order valence-corrected chi connectivity index (χ0v) is 9.55. The number of rotatable bonds is 2. The SMILES string of the molecule is CN(c1cc2n[nH]c(=O)n2cn1)C1CCNC1. The van der Waals surface area contributed by atoms with E-state index in [0.717, 1.165) is 25.3 Å². The van der Waals surface area contributed by atoms with Crippen LogP contribution in [0.3, 0.4) is 0 Å². The van der Waals surface area contributed by atoms with E-state index in [0.29, 0.717) is 11.7 Å². The lowest BCUT2D eigenvalue weighted by molar-refractivity contribution is 0.676. The van der Waals surface area contributed by atoms with E-state index >= 15 is 0 Å². The maximum Gasteiger partial charge on any atom is 0.348 e. The fraction of sp³-hybridized carbons (Fsp3) is 0.500. The van der Waals surface area contributed by atoms with Gasteiger partial charge in [-0.05, 0) is 13.0 Å². The van der Waals surface area contributed by atoms with Crippen LogP contribution in [0.1, 0.15) is 6.42 Å². The molecule has 1 atom stereocenters. The largest absolute Gasteiger partial charge is 0.355 e. The van der Waals surface area contributed by atoms with Crippen LogP contribution in [0.25, 0.3) is 5.65 Å². The molecular formula is C10H14N6O. The third-order valence-electron chi connectivity index (χ3n) is 3.24. The number of fused-ring (bicyclic) bond motifs is 1. The average molecular weight is 234 g/mol. The van der Waals surface area contributed by atoms with E-state index in [4.69, 9.17) is 0 Å². The van der Waals surface area contributed by atoms with Gasteiger partial charge in [0.15, 0.2) is 5.65 Å². The van der Waals surface area contributed by atoms with Gasteiger partial charge in [-0.3, -0.25) is 0 Å². The van der Waals surface area contributed by atoms with E-state index in [2.05, 4.69) is 25.4 Å². The highest BCUT2D eigenvalue weighted by Crippen LogP contribution is 2.16. The second kappa shape index (κ2) is 3.85. The summed E-state index contributed by atoms with van der Waals surface area (Å²) in [5.41, 5.74) is 0.335.